The molecule has 0 saturated carbocycles. The van der Waals surface area contributed by atoms with E-state index in [1.807, 2.05) is 18.2 Å². The van der Waals surface area contributed by atoms with Crippen molar-refractivity contribution < 1.29 is 4.39 Å². The number of rotatable bonds is 4. The van der Waals surface area contributed by atoms with Crippen molar-refractivity contribution in [1.29, 1.82) is 0 Å². The van der Waals surface area contributed by atoms with Gasteiger partial charge >= 0.3 is 0 Å². The molecule has 2 aromatic rings. The lowest BCUT2D eigenvalue weighted by Crippen LogP contribution is -2.04. The number of benzene rings is 2. The molecule has 2 aromatic carbocycles. The van der Waals surface area contributed by atoms with Crippen LogP contribution in [0, 0.1) is 5.82 Å². The summed E-state index contributed by atoms with van der Waals surface area (Å²) < 4.78 is 14.2. The minimum Gasteiger partial charge on any atom is -0.207 e. The molecule has 0 nitrogen and oxygen atoms in total. The maximum absolute atomic E-state index is 13.1. The van der Waals surface area contributed by atoms with Crippen LogP contribution in [0.3, 0.4) is 0 Å². The predicted octanol–water partition coefficient (Wildman–Crippen LogP) is 5.15. The van der Waals surface area contributed by atoms with E-state index in [0.29, 0.717) is 5.88 Å². The highest BCUT2D eigenvalue weighted by Gasteiger charge is 2.11. The molecule has 18 heavy (non-hydrogen) atoms. The first-order chi connectivity index (χ1) is 8.69. The standard InChI is InChI=1S/C15H13BrClF/c16-14-6-4-12(5-7-14)13(10-17)8-11-2-1-3-15(18)9-11/h1-7,9,13H,8,10H2. The Morgan fingerprint density at radius 2 is 1.83 bits per heavy atom. The van der Waals surface area contributed by atoms with Crippen molar-refractivity contribution in [3.8, 4) is 0 Å². The quantitative estimate of drug-likeness (QED) is 0.681. The Kier molecular flexibility index (Phi) is 4.79. The summed E-state index contributed by atoms with van der Waals surface area (Å²) in [5.74, 6) is 0.538. The molecule has 0 amide bonds. The van der Waals surface area contributed by atoms with Gasteiger partial charge in [-0.3, -0.25) is 0 Å². The number of alkyl halides is 1. The van der Waals surface area contributed by atoms with Crippen molar-refractivity contribution in [2.75, 3.05) is 5.88 Å². The predicted molar refractivity (Wildman–Crippen MR) is 77.7 cm³/mol. The van der Waals surface area contributed by atoms with Crippen molar-refractivity contribution >= 4 is 27.5 Å². The molecular weight excluding hydrogens is 315 g/mol. The van der Waals surface area contributed by atoms with Crippen molar-refractivity contribution in [2.45, 2.75) is 12.3 Å². The molecule has 94 valence electrons. The average molecular weight is 328 g/mol. The molecule has 0 bridgehead atoms. The summed E-state index contributed by atoms with van der Waals surface area (Å²) in [6, 6.07) is 14.8. The molecule has 0 radical (unpaired) electrons. The van der Waals surface area contributed by atoms with Crippen LogP contribution in [0.2, 0.25) is 0 Å². The fourth-order valence-electron chi connectivity index (χ4n) is 1.94. The Bertz CT molecular complexity index is 510. The highest BCUT2D eigenvalue weighted by atomic mass is 79.9. The Labute approximate surface area is 120 Å². The van der Waals surface area contributed by atoms with Gasteiger partial charge in [0, 0.05) is 16.3 Å². The van der Waals surface area contributed by atoms with E-state index in [1.165, 1.54) is 11.6 Å². The topological polar surface area (TPSA) is 0 Å². The third-order valence-electron chi connectivity index (χ3n) is 2.90. The fourth-order valence-corrected chi connectivity index (χ4v) is 2.50. The maximum atomic E-state index is 13.1. The molecule has 0 N–H and O–H groups in total. The zero-order valence-corrected chi connectivity index (χ0v) is 12.1. The Morgan fingerprint density at radius 1 is 1.11 bits per heavy atom. The third-order valence-corrected chi connectivity index (χ3v) is 3.80. The molecular formula is C15H13BrClF. The molecule has 1 atom stereocenters. The van der Waals surface area contributed by atoms with Gasteiger partial charge in [-0.2, -0.15) is 0 Å². The molecule has 0 spiro atoms. The molecule has 0 aliphatic carbocycles. The zero-order chi connectivity index (χ0) is 13.0. The minimum atomic E-state index is -0.198. The van der Waals surface area contributed by atoms with Crippen molar-refractivity contribution in [2.24, 2.45) is 0 Å². The lowest BCUT2D eigenvalue weighted by Gasteiger charge is -2.14. The molecule has 3 heteroatoms. The number of hydrogen-bond donors (Lipinski definition) is 0. The van der Waals surface area contributed by atoms with Crippen LogP contribution in [-0.4, -0.2) is 5.88 Å². The summed E-state index contributed by atoms with van der Waals surface area (Å²) >= 11 is 9.44. The summed E-state index contributed by atoms with van der Waals surface area (Å²) in [5, 5.41) is 0. The highest BCUT2D eigenvalue weighted by Crippen LogP contribution is 2.24. The van der Waals surface area contributed by atoms with Crippen LogP contribution < -0.4 is 0 Å². The second-order valence-electron chi connectivity index (χ2n) is 4.24. The van der Waals surface area contributed by atoms with Crippen LogP contribution >= 0.6 is 27.5 Å². The molecule has 0 aliphatic heterocycles. The Morgan fingerprint density at radius 3 is 2.44 bits per heavy atom. The van der Waals surface area contributed by atoms with Crippen molar-refractivity contribution in [3.63, 3.8) is 0 Å². The fraction of sp³-hybridized carbons (Fsp3) is 0.200. The molecule has 0 heterocycles. The van der Waals surface area contributed by atoms with Crippen molar-refractivity contribution in [1.82, 2.24) is 0 Å². The van der Waals surface area contributed by atoms with Crippen LogP contribution in [0.4, 0.5) is 4.39 Å². The van der Waals surface area contributed by atoms with E-state index >= 15 is 0 Å². The average Bonchev–Trinajstić information content (AvgIpc) is 2.37. The zero-order valence-electron chi connectivity index (χ0n) is 9.74. The van der Waals surface area contributed by atoms with Crippen LogP contribution in [-0.2, 0) is 6.42 Å². The molecule has 1 unspecified atom stereocenters. The van der Waals surface area contributed by atoms with Gasteiger partial charge in [0.25, 0.3) is 0 Å². The largest absolute Gasteiger partial charge is 0.207 e. The first-order valence-corrected chi connectivity index (χ1v) is 7.07. The van der Waals surface area contributed by atoms with E-state index < -0.39 is 0 Å². The molecule has 0 aliphatic rings. The van der Waals surface area contributed by atoms with Gasteiger partial charge in [-0.05, 0) is 41.8 Å². The van der Waals surface area contributed by atoms with Gasteiger partial charge in [-0.1, -0.05) is 40.2 Å². The van der Waals surface area contributed by atoms with Gasteiger partial charge in [0.2, 0.25) is 0 Å². The monoisotopic (exact) mass is 326 g/mol. The van der Waals surface area contributed by atoms with E-state index in [4.69, 9.17) is 11.6 Å². The van der Waals surface area contributed by atoms with Crippen molar-refractivity contribution in [3.05, 3.63) is 69.9 Å². The lowest BCUT2D eigenvalue weighted by atomic mass is 9.93. The van der Waals surface area contributed by atoms with Gasteiger partial charge in [0.15, 0.2) is 0 Å². The second-order valence-corrected chi connectivity index (χ2v) is 5.46. The van der Waals surface area contributed by atoms with E-state index in [1.54, 1.807) is 12.1 Å². The van der Waals surface area contributed by atoms with Crippen LogP contribution in [0.5, 0.6) is 0 Å². The van der Waals surface area contributed by atoms with Crippen LogP contribution in [0.25, 0.3) is 0 Å². The highest BCUT2D eigenvalue weighted by molar-refractivity contribution is 9.10. The lowest BCUT2D eigenvalue weighted by molar-refractivity contribution is 0.623. The maximum Gasteiger partial charge on any atom is 0.123 e. The van der Waals surface area contributed by atoms with Gasteiger partial charge in [-0.25, -0.2) is 4.39 Å². The van der Waals surface area contributed by atoms with Gasteiger partial charge in [-0.15, -0.1) is 11.6 Å². The first-order valence-electron chi connectivity index (χ1n) is 5.75. The SMILES string of the molecule is Fc1cccc(CC(CCl)c2ccc(Br)cc2)c1. The summed E-state index contributed by atoms with van der Waals surface area (Å²) in [6.07, 6.45) is 0.753. The van der Waals surface area contributed by atoms with Gasteiger partial charge < -0.3 is 0 Å². The van der Waals surface area contributed by atoms with Gasteiger partial charge in [0.1, 0.15) is 5.82 Å². The summed E-state index contributed by atoms with van der Waals surface area (Å²) in [5.41, 5.74) is 2.15. The number of halogens is 3. The van der Waals surface area contributed by atoms with E-state index in [2.05, 4.69) is 28.1 Å². The summed E-state index contributed by atoms with van der Waals surface area (Å²) in [7, 11) is 0. The Hall–Kier alpha value is -0.860. The second kappa shape index (κ2) is 6.35. The van der Waals surface area contributed by atoms with Crippen LogP contribution in [0.1, 0.15) is 17.0 Å². The molecule has 0 aromatic heterocycles. The number of hydrogen-bond acceptors (Lipinski definition) is 0. The molecule has 0 fully saturated rings. The third kappa shape index (κ3) is 3.56. The van der Waals surface area contributed by atoms with E-state index in [0.717, 1.165) is 16.5 Å². The minimum absolute atomic E-state index is 0.198. The van der Waals surface area contributed by atoms with E-state index in [-0.39, 0.29) is 11.7 Å². The van der Waals surface area contributed by atoms with Gasteiger partial charge in [0.05, 0.1) is 0 Å². The smallest absolute Gasteiger partial charge is 0.123 e. The van der Waals surface area contributed by atoms with Crippen LogP contribution in [0.15, 0.2) is 53.0 Å². The molecule has 2 rings (SSSR count). The summed E-state index contributed by atoms with van der Waals surface area (Å²) in [4.78, 5) is 0. The summed E-state index contributed by atoms with van der Waals surface area (Å²) in [6.45, 7) is 0. The first kappa shape index (κ1) is 13.6. The van der Waals surface area contributed by atoms with E-state index in [9.17, 15) is 4.39 Å². The molecule has 0 saturated heterocycles. The Balaban J connectivity index is 2.17. The normalized spacial score (nSPS) is 12.4.